The van der Waals surface area contributed by atoms with E-state index in [-0.39, 0.29) is 0 Å². The molecule has 0 amide bonds. The number of aromatic nitrogens is 2. The maximum atomic E-state index is 14.5. The molecule has 0 unspecified atom stereocenters. The topological polar surface area (TPSA) is 17.8 Å². The van der Waals surface area contributed by atoms with Crippen LogP contribution in [0.25, 0.3) is 5.69 Å². The lowest BCUT2D eigenvalue weighted by Gasteiger charge is -2.20. The number of halogens is 3. The number of benzene rings is 3. The quantitative estimate of drug-likeness (QED) is 0.370. The molecule has 0 bridgehead atoms. The Labute approximate surface area is 162 Å². The molecule has 28 heavy (non-hydrogen) atoms. The molecule has 0 fully saturated rings. The van der Waals surface area contributed by atoms with Gasteiger partial charge in [0.1, 0.15) is 17.1 Å². The van der Waals surface area contributed by atoms with Crippen LogP contribution in [0.1, 0.15) is 5.69 Å². The molecule has 3 aromatic carbocycles. The summed E-state index contributed by atoms with van der Waals surface area (Å²) in [7, 11) is -1.21. The van der Waals surface area contributed by atoms with Crippen molar-refractivity contribution >= 4 is 24.1 Å². The summed E-state index contributed by atoms with van der Waals surface area (Å²) in [5.41, 5.74) is 0.626. The van der Waals surface area contributed by atoms with E-state index in [1.165, 1.54) is 10.8 Å². The van der Waals surface area contributed by atoms with E-state index in [2.05, 4.69) is 4.98 Å². The highest BCUT2D eigenvalue weighted by atomic mass is 31.1. The van der Waals surface area contributed by atoms with Gasteiger partial charge in [-0.1, -0.05) is 60.7 Å². The molecule has 1 heterocycles. The van der Waals surface area contributed by atoms with E-state index in [1.807, 2.05) is 60.7 Å². The molecule has 4 rings (SSSR count). The lowest BCUT2D eigenvalue weighted by Crippen LogP contribution is -2.28. The maximum Gasteiger partial charge on any atom is 0.185 e. The van der Waals surface area contributed by atoms with Gasteiger partial charge in [-0.25, -0.2) is 18.2 Å². The first-order chi connectivity index (χ1) is 13.6. The van der Waals surface area contributed by atoms with Crippen molar-refractivity contribution in [3.05, 3.63) is 102 Å². The highest BCUT2D eigenvalue weighted by Gasteiger charge is 2.26. The third-order valence-electron chi connectivity index (χ3n) is 4.30. The summed E-state index contributed by atoms with van der Waals surface area (Å²) in [5.74, 6) is -3.17. The van der Waals surface area contributed by atoms with Crippen molar-refractivity contribution < 1.29 is 13.2 Å². The molecule has 0 saturated carbocycles. The summed E-state index contributed by atoms with van der Waals surface area (Å²) in [6, 6.07) is 21.0. The predicted molar refractivity (Wildman–Crippen MR) is 107 cm³/mol. The molecule has 2 nitrogen and oxygen atoms in total. The van der Waals surface area contributed by atoms with E-state index in [4.69, 9.17) is 0 Å². The van der Waals surface area contributed by atoms with Crippen LogP contribution in [-0.4, -0.2) is 9.55 Å². The average molecular weight is 396 g/mol. The zero-order valence-corrected chi connectivity index (χ0v) is 15.9. The first kappa shape index (κ1) is 18.5. The molecular formula is C22H16F3N2P. The van der Waals surface area contributed by atoms with Crippen LogP contribution < -0.4 is 16.2 Å². The fourth-order valence-electron chi connectivity index (χ4n) is 3.08. The summed E-state index contributed by atoms with van der Waals surface area (Å²) in [5, 5.41) is 1.96. The number of imidazole rings is 1. The van der Waals surface area contributed by atoms with Crippen molar-refractivity contribution in [2.45, 2.75) is 6.92 Å². The van der Waals surface area contributed by atoms with Gasteiger partial charge in [-0.3, -0.25) is 4.57 Å². The first-order valence-electron chi connectivity index (χ1n) is 8.66. The van der Waals surface area contributed by atoms with Gasteiger partial charge < -0.3 is 0 Å². The van der Waals surface area contributed by atoms with Crippen molar-refractivity contribution in [2.24, 2.45) is 0 Å². The molecule has 0 aliphatic carbocycles. The van der Waals surface area contributed by atoms with Crippen LogP contribution in [0.3, 0.4) is 0 Å². The van der Waals surface area contributed by atoms with Gasteiger partial charge in [0.05, 0.1) is 5.69 Å². The predicted octanol–water partition coefficient (Wildman–Crippen LogP) is 4.36. The lowest BCUT2D eigenvalue weighted by atomic mass is 10.2. The van der Waals surface area contributed by atoms with E-state index in [9.17, 15) is 13.2 Å². The van der Waals surface area contributed by atoms with Crippen LogP contribution in [0.15, 0.2) is 79.0 Å². The van der Waals surface area contributed by atoms with Crippen molar-refractivity contribution in [3.8, 4) is 5.69 Å². The minimum atomic E-state index is -1.23. The van der Waals surface area contributed by atoms with E-state index < -0.39 is 31.1 Å². The highest BCUT2D eigenvalue weighted by Crippen LogP contribution is 2.34. The number of hydrogen-bond donors (Lipinski definition) is 0. The fourth-order valence-corrected chi connectivity index (χ4v) is 5.41. The standard InChI is InChI=1S/C22H16F3N2P/c1-15-14-27(21-19(24)13-12-18(23)20(21)25)22(26-15)28(16-8-4-2-5-9-16)17-10-6-3-7-11-17/h2-14H,1H3. The maximum absolute atomic E-state index is 14.5. The average Bonchev–Trinajstić information content (AvgIpc) is 3.08. The molecule has 4 aromatic rings. The molecule has 0 aliphatic heterocycles. The molecule has 1 aromatic heterocycles. The third-order valence-corrected chi connectivity index (χ3v) is 6.64. The fraction of sp³-hybridized carbons (Fsp3) is 0.0455. The van der Waals surface area contributed by atoms with Gasteiger partial charge in [-0.2, -0.15) is 0 Å². The minimum Gasteiger partial charge on any atom is -0.294 e. The monoisotopic (exact) mass is 396 g/mol. The third kappa shape index (κ3) is 3.34. The number of aryl methyl sites for hydroxylation is 1. The number of nitrogens with zero attached hydrogens (tertiary/aromatic N) is 2. The van der Waals surface area contributed by atoms with Gasteiger partial charge in [0.2, 0.25) is 0 Å². The second-order valence-corrected chi connectivity index (χ2v) is 8.35. The smallest absolute Gasteiger partial charge is 0.185 e. The Balaban J connectivity index is 1.99. The Morgan fingerprint density at radius 2 is 1.29 bits per heavy atom. The molecule has 0 spiro atoms. The molecule has 140 valence electrons. The molecule has 0 atom stereocenters. The SMILES string of the molecule is Cc1cn(-c2c(F)ccc(F)c2F)c(P(c2ccccc2)c2ccccc2)n1. The zero-order chi connectivity index (χ0) is 19.7. The highest BCUT2D eigenvalue weighted by molar-refractivity contribution is 7.79. The normalized spacial score (nSPS) is 11.2. The minimum absolute atomic E-state index is 0.449. The summed E-state index contributed by atoms with van der Waals surface area (Å²) in [4.78, 5) is 4.59. The largest absolute Gasteiger partial charge is 0.294 e. The first-order valence-corrected chi connectivity index (χ1v) is 10.0. The number of hydrogen-bond acceptors (Lipinski definition) is 1. The Morgan fingerprint density at radius 3 is 1.86 bits per heavy atom. The Hall–Kier alpha value is -2.91. The van der Waals surface area contributed by atoms with Crippen molar-refractivity contribution in [3.63, 3.8) is 0 Å². The molecule has 0 N–H and O–H groups in total. The summed E-state index contributed by atoms with van der Waals surface area (Å²) >= 11 is 0. The summed E-state index contributed by atoms with van der Waals surface area (Å²) < 4.78 is 44.3. The van der Waals surface area contributed by atoms with E-state index >= 15 is 0 Å². The van der Waals surface area contributed by atoms with Gasteiger partial charge in [0, 0.05) is 14.1 Å². The van der Waals surface area contributed by atoms with Crippen LogP contribution >= 0.6 is 7.92 Å². The van der Waals surface area contributed by atoms with Crippen LogP contribution in [0, 0.1) is 24.4 Å². The second kappa shape index (κ2) is 7.61. The summed E-state index contributed by atoms with van der Waals surface area (Å²) in [6.07, 6.45) is 1.54. The molecule has 6 heteroatoms. The van der Waals surface area contributed by atoms with E-state index in [1.54, 1.807) is 6.92 Å². The Morgan fingerprint density at radius 1 is 0.750 bits per heavy atom. The van der Waals surface area contributed by atoms with Crippen LogP contribution in [0.2, 0.25) is 0 Å². The van der Waals surface area contributed by atoms with Crippen molar-refractivity contribution in [1.82, 2.24) is 9.55 Å². The zero-order valence-electron chi connectivity index (χ0n) is 15.0. The Bertz CT molecular complexity index is 1070. The van der Waals surface area contributed by atoms with Crippen LogP contribution in [0.5, 0.6) is 0 Å². The van der Waals surface area contributed by atoms with Crippen molar-refractivity contribution in [1.29, 1.82) is 0 Å². The molecule has 0 saturated heterocycles. The van der Waals surface area contributed by atoms with Crippen LogP contribution in [-0.2, 0) is 0 Å². The van der Waals surface area contributed by atoms with Gasteiger partial charge in [-0.05, 0) is 29.7 Å². The Kier molecular flexibility index (Phi) is 5.01. The van der Waals surface area contributed by atoms with E-state index in [0.717, 1.165) is 22.7 Å². The second-order valence-electron chi connectivity index (χ2n) is 6.25. The van der Waals surface area contributed by atoms with Gasteiger partial charge in [-0.15, -0.1) is 0 Å². The summed E-state index contributed by atoms with van der Waals surface area (Å²) in [6.45, 7) is 1.75. The number of rotatable bonds is 4. The molecule has 0 aliphatic rings. The van der Waals surface area contributed by atoms with Gasteiger partial charge >= 0.3 is 0 Å². The molecular weight excluding hydrogens is 380 g/mol. The van der Waals surface area contributed by atoms with Gasteiger partial charge in [0.15, 0.2) is 11.6 Å². The van der Waals surface area contributed by atoms with Crippen molar-refractivity contribution in [2.75, 3.05) is 0 Å². The lowest BCUT2D eigenvalue weighted by molar-refractivity contribution is 0.489. The molecule has 0 radical (unpaired) electrons. The van der Waals surface area contributed by atoms with E-state index in [0.29, 0.717) is 11.3 Å². The van der Waals surface area contributed by atoms with Gasteiger partial charge in [0.25, 0.3) is 0 Å². The van der Waals surface area contributed by atoms with Crippen LogP contribution in [0.4, 0.5) is 13.2 Å².